The molecule has 3 N–H and O–H groups in total. The van der Waals surface area contributed by atoms with Crippen molar-refractivity contribution in [2.75, 3.05) is 17.7 Å². The van der Waals surface area contributed by atoms with E-state index in [1.807, 2.05) is 37.3 Å². The SMILES string of the molecule is Cc1nc(SCc2nc(N)nc(Nc3ccccc3)n2)n(CC2CCCO2)c1C. The van der Waals surface area contributed by atoms with E-state index in [0.29, 0.717) is 17.5 Å². The van der Waals surface area contributed by atoms with Crippen LogP contribution < -0.4 is 11.1 Å². The van der Waals surface area contributed by atoms with E-state index in [0.717, 1.165) is 42.5 Å². The first-order valence-corrected chi connectivity index (χ1v) is 10.7. The molecule has 4 rings (SSSR count). The van der Waals surface area contributed by atoms with Crippen LogP contribution in [0.2, 0.25) is 0 Å². The molecule has 0 spiro atoms. The smallest absolute Gasteiger partial charge is 0.232 e. The van der Waals surface area contributed by atoms with Gasteiger partial charge in [0.2, 0.25) is 11.9 Å². The highest BCUT2D eigenvalue weighted by atomic mass is 32.2. The summed E-state index contributed by atoms with van der Waals surface area (Å²) in [6, 6.07) is 9.74. The number of rotatable bonds is 7. The lowest BCUT2D eigenvalue weighted by Gasteiger charge is -2.14. The third-order valence-corrected chi connectivity index (χ3v) is 5.86. The van der Waals surface area contributed by atoms with E-state index in [1.54, 1.807) is 11.8 Å². The molecule has 1 atom stereocenters. The minimum Gasteiger partial charge on any atom is -0.376 e. The number of thioether (sulfide) groups is 1. The highest BCUT2D eigenvalue weighted by Gasteiger charge is 2.20. The monoisotopic (exact) mass is 411 g/mol. The number of para-hydroxylation sites is 1. The van der Waals surface area contributed by atoms with E-state index in [1.165, 1.54) is 5.69 Å². The highest BCUT2D eigenvalue weighted by molar-refractivity contribution is 7.98. The second-order valence-corrected chi connectivity index (χ2v) is 7.97. The Morgan fingerprint density at radius 3 is 2.76 bits per heavy atom. The predicted molar refractivity (Wildman–Crippen MR) is 114 cm³/mol. The summed E-state index contributed by atoms with van der Waals surface area (Å²) in [7, 11) is 0. The van der Waals surface area contributed by atoms with Crippen LogP contribution in [-0.4, -0.2) is 37.2 Å². The standard InChI is InChI=1S/C20H25N7OS/c1-13-14(2)27(11-16-9-6-10-28-16)20(22-13)29-12-17-24-18(21)26-19(25-17)23-15-7-4-3-5-8-15/h3-5,7-8,16H,6,9-12H2,1-2H3,(H3,21,23,24,25,26). The molecule has 152 valence electrons. The Hall–Kier alpha value is -2.65. The fourth-order valence-electron chi connectivity index (χ4n) is 3.28. The summed E-state index contributed by atoms with van der Waals surface area (Å²) in [5.74, 6) is 1.80. The Morgan fingerprint density at radius 1 is 1.17 bits per heavy atom. The third kappa shape index (κ3) is 4.86. The topological polar surface area (TPSA) is 104 Å². The van der Waals surface area contributed by atoms with Gasteiger partial charge in [-0.3, -0.25) is 0 Å². The zero-order chi connectivity index (χ0) is 20.2. The van der Waals surface area contributed by atoms with Gasteiger partial charge >= 0.3 is 0 Å². The van der Waals surface area contributed by atoms with E-state index in [9.17, 15) is 0 Å². The molecule has 3 heterocycles. The van der Waals surface area contributed by atoms with Gasteiger partial charge in [-0.05, 0) is 38.8 Å². The summed E-state index contributed by atoms with van der Waals surface area (Å²) in [6.07, 6.45) is 2.48. The van der Waals surface area contributed by atoms with E-state index in [2.05, 4.69) is 31.8 Å². The van der Waals surface area contributed by atoms with Crippen LogP contribution in [0.25, 0.3) is 0 Å². The molecule has 2 aromatic heterocycles. The maximum Gasteiger partial charge on any atom is 0.232 e. The maximum absolute atomic E-state index is 5.90. The van der Waals surface area contributed by atoms with Crippen molar-refractivity contribution in [2.45, 2.75) is 50.2 Å². The van der Waals surface area contributed by atoms with Crippen LogP contribution in [0, 0.1) is 13.8 Å². The second kappa shape index (κ2) is 8.79. The molecule has 3 aromatic rings. The molecule has 1 unspecified atom stereocenters. The van der Waals surface area contributed by atoms with Gasteiger partial charge in [-0.15, -0.1) is 0 Å². The van der Waals surface area contributed by atoms with Crippen molar-refractivity contribution in [2.24, 2.45) is 0 Å². The first-order chi connectivity index (χ1) is 14.1. The largest absolute Gasteiger partial charge is 0.376 e. The number of hydrogen-bond acceptors (Lipinski definition) is 8. The van der Waals surface area contributed by atoms with Crippen molar-refractivity contribution in [3.63, 3.8) is 0 Å². The van der Waals surface area contributed by atoms with Crippen molar-refractivity contribution < 1.29 is 4.74 Å². The molecule has 0 radical (unpaired) electrons. The number of nitrogens with two attached hydrogens (primary N) is 1. The van der Waals surface area contributed by atoms with Gasteiger partial charge in [0.25, 0.3) is 0 Å². The summed E-state index contributed by atoms with van der Waals surface area (Å²) in [5, 5.41) is 4.12. The number of ether oxygens (including phenoxy) is 1. The lowest BCUT2D eigenvalue weighted by Crippen LogP contribution is -2.16. The van der Waals surface area contributed by atoms with E-state index in [4.69, 9.17) is 15.5 Å². The first-order valence-electron chi connectivity index (χ1n) is 9.69. The van der Waals surface area contributed by atoms with Crippen molar-refractivity contribution in [3.8, 4) is 0 Å². The number of aromatic nitrogens is 5. The fraction of sp³-hybridized carbons (Fsp3) is 0.400. The predicted octanol–water partition coefficient (Wildman–Crippen LogP) is 3.48. The Morgan fingerprint density at radius 2 is 2.00 bits per heavy atom. The minimum absolute atomic E-state index is 0.198. The summed E-state index contributed by atoms with van der Waals surface area (Å²) in [6.45, 7) is 5.81. The summed E-state index contributed by atoms with van der Waals surface area (Å²) >= 11 is 1.60. The van der Waals surface area contributed by atoms with Crippen LogP contribution in [0.1, 0.15) is 30.1 Å². The van der Waals surface area contributed by atoms with Gasteiger partial charge in [0.05, 0.1) is 24.1 Å². The lowest BCUT2D eigenvalue weighted by molar-refractivity contribution is 0.0945. The number of nitrogen functional groups attached to an aromatic ring is 1. The van der Waals surface area contributed by atoms with Crippen LogP contribution in [0.15, 0.2) is 35.5 Å². The molecule has 1 aliphatic rings. The molecule has 0 amide bonds. The molecule has 8 nitrogen and oxygen atoms in total. The fourth-order valence-corrected chi connectivity index (χ4v) is 4.23. The molecule has 0 aliphatic carbocycles. The Bertz CT molecular complexity index is 970. The number of hydrogen-bond donors (Lipinski definition) is 2. The summed E-state index contributed by atoms with van der Waals surface area (Å²) < 4.78 is 8.05. The third-order valence-electron chi connectivity index (χ3n) is 4.89. The van der Waals surface area contributed by atoms with Crippen LogP contribution in [-0.2, 0) is 17.0 Å². The number of benzene rings is 1. The Labute approximate surface area is 174 Å². The number of nitrogens with zero attached hydrogens (tertiary/aromatic N) is 5. The summed E-state index contributed by atoms with van der Waals surface area (Å²) in [4.78, 5) is 17.7. The molecule has 0 bridgehead atoms. The van der Waals surface area contributed by atoms with Crippen LogP contribution in [0.5, 0.6) is 0 Å². The van der Waals surface area contributed by atoms with Crippen molar-refractivity contribution in [1.29, 1.82) is 0 Å². The van der Waals surface area contributed by atoms with E-state index in [-0.39, 0.29) is 12.1 Å². The second-order valence-electron chi connectivity index (χ2n) is 7.02. The lowest BCUT2D eigenvalue weighted by atomic mass is 10.2. The first kappa shape index (κ1) is 19.7. The number of anilines is 3. The maximum atomic E-state index is 5.90. The van der Waals surface area contributed by atoms with Crippen LogP contribution in [0.4, 0.5) is 17.6 Å². The van der Waals surface area contributed by atoms with Gasteiger partial charge in [-0.1, -0.05) is 30.0 Å². The molecule has 29 heavy (non-hydrogen) atoms. The minimum atomic E-state index is 0.198. The van der Waals surface area contributed by atoms with Crippen LogP contribution >= 0.6 is 11.8 Å². The molecule has 0 saturated carbocycles. The Kier molecular flexibility index (Phi) is 5.96. The van der Waals surface area contributed by atoms with E-state index >= 15 is 0 Å². The Balaban J connectivity index is 1.48. The van der Waals surface area contributed by atoms with E-state index < -0.39 is 0 Å². The molecule has 1 fully saturated rings. The molecule has 1 saturated heterocycles. The van der Waals surface area contributed by atoms with Crippen LogP contribution in [0.3, 0.4) is 0 Å². The summed E-state index contributed by atoms with van der Waals surface area (Å²) in [5.41, 5.74) is 9.00. The van der Waals surface area contributed by atoms with Crippen molar-refractivity contribution in [1.82, 2.24) is 24.5 Å². The number of nitrogens with one attached hydrogen (secondary N) is 1. The number of imidazole rings is 1. The van der Waals surface area contributed by atoms with Gasteiger partial charge in [-0.2, -0.15) is 15.0 Å². The highest BCUT2D eigenvalue weighted by Crippen LogP contribution is 2.26. The normalized spacial score (nSPS) is 16.3. The molecular weight excluding hydrogens is 386 g/mol. The quantitative estimate of drug-likeness (QED) is 0.570. The average Bonchev–Trinajstić information content (AvgIpc) is 3.31. The molecular formula is C20H25N7OS. The van der Waals surface area contributed by atoms with Gasteiger partial charge in [-0.25, -0.2) is 4.98 Å². The zero-order valence-electron chi connectivity index (χ0n) is 16.6. The van der Waals surface area contributed by atoms with Crippen molar-refractivity contribution in [3.05, 3.63) is 47.5 Å². The van der Waals surface area contributed by atoms with Crippen molar-refractivity contribution >= 4 is 29.3 Å². The molecule has 9 heteroatoms. The average molecular weight is 412 g/mol. The molecule has 1 aliphatic heterocycles. The number of aryl methyl sites for hydroxylation is 1. The molecule has 1 aromatic carbocycles. The van der Waals surface area contributed by atoms with Gasteiger partial charge in [0.1, 0.15) is 5.82 Å². The van der Waals surface area contributed by atoms with Gasteiger partial charge < -0.3 is 20.4 Å². The van der Waals surface area contributed by atoms with Gasteiger partial charge in [0.15, 0.2) is 5.16 Å². The zero-order valence-corrected chi connectivity index (χ0v) is 17.4. The van der Waals surface area contributed by atoms with Gasteiger partial charge in [0, 0.05) is 18.0 Å².